The summed E-state index contributed by atoms with van der Waals surface area (Å²) in [4.78, 5) is 32.7. The quantitative estimate of drug-likeness (QED) is 0.779. The molecule has 2 aromatic rings. The molecule has 3 aliphatic heterocycles. The molecule has 8 nitrogen and oxygen atoms in total. The zero-order chi connectivity index (χ0) is 21.9. The van der Waals surface area contributed by atoms with Crippen LogP contribution in [0.2, 0.25) is 0 Å². The van der Waals surface area contributed by atoms with Gasteiger partial charge in [0.25, 0.3) is 5.91 Å². The van der Waals surface area contributed by atoms with E-state index in [4.69, 9.17) is 9.47 Å². The van der Waals surface area contributed by atoms with Crippen molar-refractivity contribution in [3.05, 3.63) is 54.4 Å². The van der Waals surface area contributed by atoms with Crippen molar-refractivity contribution in [2.45, 2.75) is 37.4 Å². The normalized spacial score (nSPS) is 23.1. The number of amides is 3. The highest BCUT2D eigenvalue weighted by atomic mass is 16.5. The van der Waals surface area contributed by atoms with Crippen molar-refractivity contribution in [1.29, 1.82) is 0 Å². The van der Waals surface area contributed by atoms with Crippen molar-refractivity contribution in [1.82, 2.24) is 14.8 Å². The summed E-state index contributed by atoms with van der Waals surface area (Å²) in [5.41, 5.74) is 1.90. The Bertz CT molecular complexity index is 940. The summed E-state index contributed by atoms with van der Waals surface area (Å²) < 4.78 is 11.6. The zero-order valence-corrected chi connectivity index (χ0v) is 18.0. The maximum absolute atomic E-state index is 12.5. The Morgan fingerprint density at radius 2 is 1.91 bits per heavy atom. The monoisotopic (exact) mass is 436 g/mol. The van der Waals surface area contributed by atoms with Crippen LogP contribution in [0.25, 0.3) is 0 Å². The first-order valence-corrected chi connectivity index (χ1v) is 11.3. The number of carbonyl (C=O) groups is 2. The van der Waals surface area contributed by atoms with Crippen LogP contribution in [0.15, 0.2) is 48.8 Å². The van der Waals surface area contributed by atoms with Gasteiger partial charge in [-0.3, -0.25) is 9.78 Å². The number of urea groups is 1. The molecular formula is C24H28N4O4. The first kappa shape index (κ1) is 20.8. The van der Waals surface area contributed by atoms with Crippen LogP contribution in [0.4, 0.5) is 10.5 Å². The van der Waals surface area contributed by atoms with E-state index in [0.717, 1.165) is 30.7 Å². The maximum atomic E-state index is 12.5. The molecule has 0 saturated carbocycles. The Morgan fingerprint density at radius 1 is 1.06 bits per heavy atom. The smallest absolute Gasteiger partial charge is 0.321 e. The van der Waals surface area contributed by atoms with Gasteiger partial charge in [0.15, 0.2) is 0 Å². The van der Waals surface area contributed by atoms with Gasteiger partial charge in [-0.1, -0.05) is 6.07 Å². The van der Waals surface area contributed by atoms with E-state index in [1.807, 2.05) is 47.5 Å². The van der Waals surface area contributed by atoms with Gasteiger partial charge in [-0.25, -0.2) is 4.79 Å². The molecular weight excluding hydrogens is 408 g/mol. The predicted octanol–water partition coefficient (Wildman–Crippen LogP) is 2.87. The lowest BCUT2D eigenvalue weighted by Crippen LogP contribution is -2.50. The van der Waals surface area contributed by atoms with E-state index in [0.29, 0.717) is 38.7 Å². The molecule has 5 rings (SSSR count). The van der Waals surface area contributed by atoms with Crippen LogP contribution in [-0.4, -0.2) is 71.7 Å². The largest absolute Gasteiger partial charge is 0.489 e. The lowest BCUT2D eigenvalue weighted by Gasteiger charge is -2.39. The number of pyridine rings is 1. The minimum absolute atomic E-state index is 0.0220. The van der Waals surface area contributed by atoms with Gasteiger partial charge >= 0.3 is 6.03 Å². The molecule has 1 aromatic heterocycles. The molecule has 32 heavy (non-hydrogen) atoms. The third kappa shape index (κ3) is 4.55. The molecule has 1 aromatic carbocycles. The second-order valence-corrected chi connectivity index (χ2v) is 8.66. The van der Waals surface area contributed by atoms with E-state index in [1.165, 1.54) is 5.56 Å². The minimum atomic E-state index is -0.275. The van der Waals surface area contributed by atoms with Crippen LogP contribution in [0, 0.1) is 0 Å². The third-order valence-corrected chi connectivity index (χ3v) is 6.39. The van der Waals surface area contributed by atoms with Crippen LogP contribution in [0.5, 0.6) is 5.75 Å². The molecule has 0 bridgehead atoms. The number of nitrogens with zero attached hydrogens (tertiary/aromatic N) is 3. The number of likely N-dealkylation sites (tertiary alicyclic amines) is 2. The Labute approximate surface area is 187 Å². The molecule has 4 heterocycles. The van der Waals surface area contributed by atoms with Crippen LogP contribution in [-0.2, 0) is 9.53 Å². The summed E-state index contributed by atoms with van der Waals surface area (Å²) in [7, 11) is 0. The SMILES string of the molecule is O=C(Nc1ccc(O[C@@H]2CCN(C(=O)[C@H]3CCCO3)C2)cc1)N1CC(c2cccnc2)C1. The highest BCUT2D eigenvalue weighted by Crippen LogP contribution is 2.27. The summed E-state index contributed by atoms with van der Waals surface area (Å²) in [6.07, 6.45) is 5.90. The van der Waals surface area contributed by atoms with Crippen LogP contribution >= 0.6 is 0 Å². The van der Waals surface area contributed by atoms with E-state index in [2.05, 4.69) is 10.3 Å². The van der Waals surface area contributed by atoms with Crippen molar-refractivity contribution in [3.8, 4) is 5.75 Å². The summed E-state index contributed by atoms with van der Waals surface area (Å²) in [6, 6.07) is 11.3. The lowest BCUT2D eigenvalue weighted by molar-refractivity contribution is -0.140. The van der Waals surface area contributed by atoms with E-state index in [1.54, 1.807) is 11.1 Å². The summed E-state index contributed by atoms with van der Waals surface area (Å²) in [5.74, 6) is 1.17. The molecule has 8 heteroatoms. The fraction of sp³-hybridized carbons (Fsp3) is 0.458. The molecule has 2 atom stereocenters. The fourth-order valence-corrected chi connectivity index (χ4v) is 4.49. The number of benzene rings is 1. The van der Waals surface area contributed by atoms with Gasteiger partial charge in [0.05, 0.1) is 6.54 Å². The number of nitrogens with one attached hydrogen (secondary N) is 1. The van der Waals surface area contributed by atoms with Crippen molar-refractivity contribution < 1.29 is 19.1 Å². The predicted molar refractivity (Wildman–Crippen MR) is 119 cm³/mol. The lowest BCUT2D eigenvalue weighted by atomic mass is 9.93. The topological polar surface area (TPSA) is 84.0 Å². The number of rotatable bonds is 5. The summed E-state index contributed by atoms with van der Waals surface area (Å²) in [6.45, 7) is 3.36. The Morgan fingerprint density at radius 3 is 2.62 bits per heavy atom. The van der Waals surface area contributed by atoms with Crippen molar-refractivity contribution in [3.63, 3.8) is 0 Å². The standard InChI is InChI=1S/C24H28N4O4/c29-23(22-4-2-12-31-22)27-11-9-21(16-27)32-20-7-5-19(6-8-20)26-24(30)28-14-18(15-28)17-3-1-10-25-13-17/h1,3,5-8,10,13,18,21-22H,2,4,9,11-12,14-16H2,(H,26,30)/t21-,22-/m1/s1. The van der Waals surface area contributed by atoms with Gasteiger partial charge < -0.3 is 24.6 Å². The second kappa shape index (κ2) is 9.16. The average molecular weight is 437 g/mol. The van der Waals surface area contributed by atoms with Gasteiger partial charge in [-0.05, 0) is 48.7 Å². The highest BCUT2D eigenvalue weighted by Gasteiger charge is 2.34. The molecule has 0 spiro atoms. The van der Waals surface area contributed by atoms with E-state index >= 15 is 0 Å². The van der Waals surface area contributed by atoms with E-state index in [9.17, 15) is 9.59 Å². The van der Waals surface area contributed by atoms with Crippen molar-refractivity contribution in [2.24, 2.45) is 0 Å². The molecule has 3 saturated heterocycles. The summed E-state index contributed by atoms with van der Waals surface area (Å²) in [5, 5.41) is 2.94. The Hall–Kier alpha value is -3.13. The van der Waals surface area contributed by atoms with Crippen LogP contribution < -0.4 is 10.1 Å². The van der Waals surface area contributed by atoms with Crippen molar-refractivity contribution in [2.75, 3.05) is 38.1 Å². The second-order valence-electron chi connectivity index (χ2n) is 8.66. The molecule has 0 unspecified atom stereocenters. The number of hydrogen-bond acceptors (Lipinski definition) is 5. The fourth-order valence-electron chi connectivity index (χ4n) is 4.49. The minimum Gasteiger partial charge on any atom is -0.489 e. The van der Waals surface area contributed by atoms with E-state index < -0.39 is 0 Å². The number of aromatic nitrogens is 1. The molecule has 0 aliphatic carbocycles. The van der Waals surface area contributed by atoms with Gasteiger partial charge in [0.2, 0.25) is 0 Å². The third-order valence-electron chi connectivity index (χ3n) is 6.39. The van der Waals surface area contributed by atoms with Crippen LogP contribution in [0.1, 0.15) is 30.7 Å². The van der Waals surface area contributed by atoms with Gasteiger partial charge in [-0.15, -0.1) is 0 Å². The van der Waals surface area contributed by atoms with Crippen LogP contribution in [0.3, 0.4) is 0 Å². The molecule has 3 amide bonds. The van der Waals surface area contributed by atoms with Gasteiger partial charge in [0, 0.05) is 56.7 Å². The number of anilines is 1. The van der Waals surface area contributed by atoms with Crippen molar-refractivity contribution >= 4 is 17.6 Å². The van der Waals surface area contributed by atoms with Gasteiger partial charge in [0.1, 0.15) is 18.0 Å². The Kier molecular flexibility index (Phi) is 5.94. The first-order chi connectivity index (χ1) is 15.7. The molecule has 168 valence electrons. The van der Waals surface area contributed by atoms with Gasteiger partial charge in [-0.2, -0.15) is 0 Å². The Balaban J connectivity index is 1.07. The molecule has 3 fully saturated rings. The highest BCUT2D eigenvalue weighted by molar-refractivity contribution is 5.90. The number of hydrogen-bond donors (Lipinski definition) is 1. The first-order valence-electron chi connectivity index (χ1n) is 11.3. The molecule has 0 radical (unpaired) electrons. The van der Waals surface area contributed by atoms with E-state index in [-0.39, 0.29) is 24.1 Å². The summed E-state index contributed by atoms with van der Waals surface area (Å²) >= 11 is 0. The zero-order valence-electron chi connectivity index (χ0n) is 18.0. The number of ether oxygens (including phenoxy) is 2. The average Bonchev–Trinajstić information content (AvgIpc) is 3.47. The molecule has 3 aliphatic rings. The maximum Gasteiger partial charge on any atom is 0.321 e. The number of carbonyl (C=O) groups excluding carboxylic acids is 2. The molecule has 1 N–H and O–H groups in total.